The van der Waals surface area contributed by atoms with Gasteiger partial charge in [0.15, 0.2) is 0 Å². The monoisotopic (exact) mass is 338 g/mol. The van der Waals surface area contributed by atoms with Gasteiger partial charge in [0, 0.05) is 39.1 Å². The van der Waals surface area contributed by atoms with Crippen LogP contribution in [0.15, 0.2) is 0 Å². The van der Waals surface area contributed by atoms with Gasteiger partial charge in [-0.1, -0.05) is 25.7 Å². The van der Waals surface area contributed by atoms with Crippen LogP contribution in [0.1, 0.15) is 44.9 Å². The molecule has 0 spiro atoms. The standard InChI is InChI=1S/C19H34N2O3/c1-20(13-18(22)14-21-8-10-24-11-9-21)19(23)17-7-6-15-4-2-3-5-16(15)12-17/h15-18,22H,2-14H2,1H3. The van der Waals surface area contributed by atoms with E-state index >= 15 is 0 Å². The number of aliphatic hydroxyl groups excluding tert-OH is 1. The molecule has 1 aliphatic heterocycles. The number of nitrogens with zero attached hydrogens (tertiary/aromatic N) is 2. The average molecular weight is 338 g/mol. The van der Waals surface area contributed by atoms with Crippen LogP contribution in [-0.2, 0) is 9.53 Å². The van der Waals surface area contributed by atoms with Gasteiger partial charge in [0.2, 0.25) is 5.91 Å². The summed E-state index contributed by atoms with van der Waals surface area (Å²) in [6, 6.07) is 0. The molecule has 4 atom stereocenters. The number of fused-ring (bicyclic) bond motifs is 1. The minimum absolute atomic E-state index is 0.185. The molecular formula is C19H34N2O3. The molecule has 0 aromatic rings. The Labute approximate surface area is 146 Å². The minimum Gasteiger partial charge on any atom is -0.390 e. The third-order valence-electron chi connectivity index (χ3n) is 6.32. The first-order chi connectivity index (χ1) is 11.6. The highest BCUT2D eigenvalue weighted by atomic mass is 16.5. The number of β-amino-alcohol motifs (C(OH)–C–C–N with tert-alkyl or cyclic N) is 1. The van der Waals surface area contributed by atoms with Gasteiger partial charge in [0.1, 0.15) is 0 Å². The lowest BCUT2D eigenvalue weighted by molar-refractivity contribution is -0.138. The van der Waals surface area contributed by atoms with Crippen molar-refractivity contribution < 1.29 is 14.6 Å². The van der Waals surface area contributed by atoms with Gasteiger partial charge in [-0.25, -0.2) is 0 Å². The predicted molar refractivity (Wildman–Crippen MR) is 93.7 cm³/mol. The molecule has 138 valence electrons. The summed E-state index contributed by atoms with van der Waals surface area (Å²) >= 11 is 0. The van der Waals surface area contributed by atoms with Gasteiger partial charge in [-0.05, 0) is 31.1 Å². The molecule has 2 saturated carbocycles. The fourth-order valence-corrected chi connectivity index (χ4v) is 4.95. The molecular weight excluding hydrogens is 304 g/mol. The highest BCUT2D eigenvalue weighted by Crippen LogP contribution is 2.43. The molecule has 0 aromatic carbocycles. The van der Waals surface area contributed by atoms with Crippen LogP contribution in [0.3, 0.4) is 0 Å². The van der Waals surface area contributed by atoms with E-state index in [1.165, 1.54) is 32.1 Å². The second-order valence-corrected chi connectivity index (χ2v) is 8.10. The van der Waals surface area contributed by atoms with Crippen molar-refractivity contribution in [3.8, 4) is 0 Å². The average Bonchev–Trinajstić information content (AvgIpc) is 2.61. The van der Waals surface area contributed by atoms with Gasteiger partial charge in [-0.2, -0.15) is 0 Å². The summed E-state index contributed by atoms with van der Waals surface area (Å²) in [5, 5.41) is 10.3. The van der Waals surface area contributed by atoms with Crippen LogP contribution >= 0.6 is 0 Å². The van der Waals surface area contributed by atoms with Crippen molar-refractivity contribution in [3.63, 3.8) is 0 Å². The van der Waals surface area contributed by atoms with E-state index in [2.05, 4.69) is 4.90 Å². The lowest BCUT2D eigenvalue weighted by Crippen LogP contribution is -2.46. The first-order valence-corrected chi connectivity index (χ1v) is 9.86. The Morgan fingerprint density at radius 3 is 2.62 bits per heavy atom. The minimum atomic E-state index is -0.469. The molecule has 5 nitrogen and oxygen atoms in total. The van der Waals surface area contributed by atoms with Crippen LogP contribution in [0.5, 0.6) is 0 Å². The number of likely N-dealkylation sites (N-methyl/N-ethyl adjacent to an activating group) is 1. The number of ether oxygens (including phenoxy) is 1. The Balaban J connectivity index is 1.43. The second-order valence-electron chi connectivity index (χ2n) is 8.10. The molecule has 1 heterocycles. The molecule has 0 aromatic heterocycles. The van der Waals surface area contributed by atoms with Crippen LogP contribution in [0, 0.1) is 17.8 Å². The lowest BCUT2D eigenvalue weighted by Gasteiger charge is -2.40. The first-order valence-electron chi connectivity index (χ1n) is 9.86. The fraction of sp³-hybridized carbons (Fsp3) is 0.947. The Kier molecular flexibility index (Phi) is 6.53. The molecule has 0 radical (unpaired) electrons. The maximum absolute atomic E-state index is 12.8. The summed E-state index contributed by atoms with van der Waals surface area (Å²) in [7, 11) is 1.86. The number of hydrogen-bond acceptors (Lipinski definition) is 4. The molecule has 3 rings (SSSR count). The molecule has 1 amide bonds. The van der Waals surface area contributed by atoms with Crippen LogP contribution in [0.25, 0.3) is 0 Å². The number of rotatable bonds is 5. The SMILES string of the molecule is CN(CC(O)CN1CCOCC1)C(=O)C1CCC2CCCCC2C1. The van der Waals surface area contributed by atoms with Crippen LogP contribution < -0.4 is 0 Å². The van der Waals surface area contributed by atoms with Crippen molar-refractivity contribution >= 4 is 5.91 Å². The maximum Gasteiger partial charge on any atom is 0.225 e. The van der Waals surface area contributed by atoms with Crippen molar-refractivity contribution in [2.45, 2.75) is 51.0 Å². The zero-order chi connectivity index (χ0) is 16.9. The molecule has 3 aliphatic rings. The van der Waals surface area contributed by atoms with Gasteiger partial charge in [0.05, 0.1) is 19.3 Å². The van der Waals surface area contributed by atoms with E-state index in [-0.39, 0.29) is 11.8 Å². The number of carbonyl (C=O) groups excluding carboxylic acids is 1. The largest absolute Gasteiger partial charge is 0.390 e. The van der Waals surface area contributed by atoms with Crippen molar-refractivity contribution in [2.75, 3.05) is 46.4 Å². The van der Waals surface area contributed by atoms with Gasteiger partial charge in [-0.3, -0.25) is 9.69 Å². The molecule has 1 N–H and O–H groups in total. The molecule has 4 unspecified atom stereocenters. The topological polar surface area (TPSA) is 53.0 Å². The van der Waals surface area contributed by atoms with E-state index in [4.69, 9.17) is 4.74 Å². The second kappa shape index (κ2) is 8.63. The zero-order valence-electron chi connectivity index (χ0n) is 15.2. The zero-order valence-corrected chi connectivity index (χ0v) is 15.2. The Bertz CT molecular complexity index is 411. The summed E-state index contributed by atoms with van der Waals surface area (Å²) in [5.41, 5.74) is 0. The number of aliphatic hydroxyl groups is 1. The third-order valence-corrected chi connectivity index (χ3v) is 6.32. The number of morpholine rings is 1. The van der Waals surface area contributed by atoms with Crippen LogP contribution in [0.2, 0.25) is 0 Å². The van der Waals surface area contributed by atoms with Gasteiger partial charge >= 0.3 is 0 Å². The summed E-state index contributed by atoms with van der Waals surface area (Å²) in [5.74, 6) is 2.08. The highest BCUT2D eigenvalue weighted by molar-refractivity contribution is 5.78. The molecule has 5 heteroatoms. The molecule has 0 bridgehead atoms. The summed E-state index contributed by atoms with van der Waals surface area (Å²) in [6.07, 6.45) is 8.30. The first kappa shape index (κ1) is 18.2. The van der Waals surface area contributed by atoms with Crippen LogP contribution in [-0.4, -0.2) is 73.4 Å². The summed E-state index contributed by atoms with van der Waals surface area (Å²) in [6.45, 7) is 4.32. The van der Waals surface area contributed by atoms with Crippen molar-refractivity contribution in [1.29, 1.82) is 0 Å². The van der Waals surface area contributed by atoms with Crippen LogP contribution in [0.4, 0.5) is 0 Å². The lowest BCUT2D eigenvalue weighted by atomic mass is 9.67. The quantitative estimate of drug-likeness (QED) is 0.830. The fourth-order valence-electron chi connectivity index (χ4n) is 4.95. The van der Waals surface area contributed by atoms with E-state index in [0.29, 0.717) is 13.1 Å². The Morgan fingerprint density at radius 2 is 1.88 bits per heavy atom. The normalized spacial score (nSPS) is 32.8. The maximum atomic E-state index is 12.8. The predicted octanol–water partition coefficient (Wildman–Crippen LogP) is 1.74. The summed E-state index contributed by atoms with van der Waals surface area (Å²) < 4.78 is 5.34. The van der Waals surface area contributed by atoms with E-state index in [1.807, 2.05) is 7.05 Å². The molecule has 24 heavy (non-hydrogen) atoms. The molecule has 2 aliphatic carbocycles. The van der Waals surface area contributed by atoms with Gasteiger partial charge in [0.25, 0.3) is 0 Å². The smallest absolute Gasteiger partial charge is 0.225 e. The Morgan fingerprint density at radius 1 is 1.17 bits per heavy atom. The summed E-state index contributed by atoms with van der Waals surface area (Å²) in [4.78, 5) is 16.8. The van der Waals surface area contributed by atoms with Crippen molar-refractivity contribution in [2.24, 2.45) is 17.8 Å². The third kappa shape index (κ3) is 4.70. The van der Waals surface area contributed by atoms with E-state index in [9.17, 15) is 9.90 Å². The van der Waals surface area contributed by atoms with Gasteiger partial charge in [-0.15, -0.1) is 0 Å². The number of carbonyl (C=O) groups is 1. The number of hydrogen-bond donors (Lipinski definition) is 1. The highest BCUT2D eigenvalue weighted by Gasteiger charge is 2.36. The molecule has 3 fully saturated rings. The van der Waals surface area contributed by atoms with Crippen molar-refractivity contribution in [1.82, 2.24) is 9.80 Å². The van der Waals surface area contributed by atoms with Crippen molar-refractivity contribution in [3.05, 3.63) is 0 Å². The van der Waals surface area contributed by atoms with E-state index in [0.717, 1.165) is 51.0 Å². The Hall–Kier alpha value is -0.650. The molecule has 1 saturated heterocycles. The van der Waals surface area contributed by atoms with E-state index in [1.54, 1.807) is 4.90 Å². The van der Waals surface area contributed by atoms with E-state index < -0.39 is 6.10 Å². The number of amides is 1. The van der Waals surface area contributed by atoms with Gasteiger partial charge < -0.3 is 14.7 Å².